The first-order valence-corrected chi connectivity index (χ1v) is 6.69. The molecule has 11 heteroatoms. The minimum Gasteiger partial charge on any atom is -0.394 e. The summed E-state index contributed by atoms with van der Waals surface area (Å²) >= 11 is 0. The quantitative estimate of drug-likeness (QED) is 0.467. The van der Waals surface area contributed by atoms with Gasteiger partial charge in [0.15, 0.2) is 12.3 Å². The van der Waals surface area contributed by atoms with Crippen LogP contribution in [0.15, 0.2) is 17.1 Å². The van der Waals surface area contributed by atoms with Gasteiger partial charge in [0.25, 0.3) is 0 Å². The van der Waals surface area contributed by atoms with Crippen LogP contribution < -0.4 is 11.4 Å². The minimum atomic E-state index is -3.03. The zero-order valence-electron chi connectivity index (χ0n) is 10.1. The van der Waals surface area contributed by atoms with Crippen molar-refractivity contribution in [3.8, 4) is 0 Å². The highest BCUT2D eigenvalue weighted by Gasteiger charge is 2.50. The number of aliphatic hydroxyl groups excluding tert-OH is 2. The molecule has 0 aliphatic carbocycles. The van der Waals surface area contributed by atoms with Crippen molar-refractivity contribution >= 4 is 14.1 Å². The molecule has 1 aromatic rings. The monoisotopic (exact) mass is 306 g/mol. The van der Waals surface area contributed by atoms with Crippen molar-refractivity contribution in [1.82, 2.24) is 9.55 Å². The number of nitrogens with two attached hydrogens (primary N) is 1. The van der Waals surface area contributed by atoms with Gasteiger partial charge in [-0.3, -0.25) is 4.57 Å². The third-order valence-electron chi connectivity index (χ3n) is 2.83. The Balaban J connectivity index is 2.36. The Bertz CT molecular complexity index is 565. The fraction of sp³-hybridized carbons (Fsp3) is 0.556. The summed E-state index contributed by atoms with van der Waals surface area (Å²) in [6.45, 7) is -0.545. The van der Waals surface area contributed by atoms with Gasteiger partial charge in [0.05, 0.1) is 6.61 Å². The molecule has 0 radical (unpaired) electrons. The topological polar surface area (TPSA) is 157 Å². The molecule has 0 spiro atoms. The molecule has 0 bridgehead atoms. The summed E-state index contributed by atoms with van der Waals surface area (Å²) in [5, 5.41) is 18.9. The van der Waals surface area contributed by atoms with Gasteiger partial charge in [-0.15, -0.1) is 9.42 Å². The summed E-state index contributed by atoms with van der Waals surface area (Å²) in [5.41, 5.74) is 4.57. The summed E-state index contributed by atoms with van der Waals surface area (Å²) in [5.74, 6) is -0.00536. The molecule has 110 valence electrons. The van der Waals surface area contributed by atoms with Crippen LogP contribution in [0.2, 0.25) is 0 Å². The van der Waals surface area contributed by atoms with E-state index in [1.807, 2.05) is 0 Å². The second kappa shape index (κ2) is 5.92. The van der Waals surface area contributed by atoms with Crippen molar-refractivity contribution in [2.75, 3.05) is 12.3 Å². The lowest BCUT2D eigenvalue weighted by atomic mass is 10.1. The molecular weight excluding hydrogens is 293 g/mol. The van der Waals surface area contributed by atoms with Gasteiger partial charge >= 0.3 is 13.9 Å². The lowest BCUT2D eigenvalue weighted by Gasteiger charge is -2.16. The highest BCUT2D eigenvalue weighted by molar-refractivity contribution is 7.32. The maximum Gasteiger partial charge on any atom is 0.695 e. The number of aromatic nitrogens is 2. The van der Waals surface area contributed by atoms with Crippen molar-refractivity contribution in [1.29, 1.82) is 0 Å². The highest BCUT2D eigenvalue weighted by atomic mass is 31.1. The normalized spacial score (nSPS) is 30.4. The SMILES string of the molecule is Nc1ccn([C@@H]2O[C@H](CO)[C@@H](O)[C@@H]2O[P+](=O)O)c(=O)n1. The molecule has 0 aromatic carbocycles. The predicted octanol–water partition coefficient (Wildman–Crippen LogP) is -1.89. The first kappa shape index (κ1) is 15.0. The molecule has 1 unspecified atom stereocenters. The van der Waals surface area contributed by atoms with E-state index < -0.39 is 45.1 Å². The smallest absolute Gasteiger partial charge is 0.394 e. The van der Waals surface area contributed by atoms with Crippen LogP contribution in [0.5, 0.6) is 0 Å². The van der Waals surface area contributed by atoms with E-state index in [1.54, 1.807) is 0 Å². The number of hydrogen-bond donors (Lipinski definition) is 4. The molecule has 1 aliphatic heterocycles. The van der Waals surface area contributed by atoms with E-state index in [0.717, 1.165) is 4.57 Å². The zero-order chi connectivity index (χ0) is 14.9. The summed E-state index contributed by atoms with van der Waals surface area (Å²) in [6, 6.07) is 1.32. The van der Waals surface area contributed by atoms with Crippen LogP contribution in [0.25, 0.3) is 0 Å². The Morgan fingerprint density at radius 2 is 2.30 bits per heavy atom. The number of nitrogens with zero attached hydrogens (tertiary/aromatic N) is 2. The molecule has 1 saturated heterocycles. The Kier molecular flexibility index (Phi) is 4.43. The van der Waals surface area contributed by atoms with Crippen molar-refractivity contribution in [2.24, 2.45) is 0 Å². The van der Waals surface area contributed by atoms with Crippen LogP contribution in [0.4, 0.5) is 5.82 Å². The van der Waals surface area contributed by atoms with Gasteiger partial charge in [0.2, 0.25) is 0 Å². The van der Waals surface area contributed by atoms with Crippen LogP contribution in [-0.4, -0.2) is 49.6 Å². The number of nitrogen functional groups attached to an aromatic ring is 1. The molecule has 2 heterocycles. The largest absolute Gasteiger partial charge is 0.695 e. The molecule has 20 heavy (non-hydrogen) atoms. The molecular formula is C9H13N3O7P+. The van der Waals surface area contributed by atoms with Crippen LogP contribution in [0, 0.1) is 0 Å². The maximum absolute atomic E-state index is 11.7. The summed E-state index contributed by atoms with van der Waals surface area (Å²) in [7, 11) is -3.03. The second-order valence-electron chi connectivity index (χ2n) is 4.09. The second-order valence-corrected chi connectivity index (χ2v) is 4.77. The maximum atomic E-state index is 11.7. The van der Waals surface area contributed by atoms with Gasteiger partial charge in [-0.1, -0.05) is 0 Å². The van der Waals surface area contributed by atoms with Gasteiger partial charge in [0.1, 0.15) is 18.0 Å². The lowest BCUT2D eigenvalue weighted by Crippen LogP contribution is -2.37. The van der Waals surface area contributed by atoms with E-state index >= 15 is 0 Å². The van der Waals surface area contributed by atoms with Crippen molar-refractivity contribution in [3.63, 3.8) is 0 Å². The average Bonchev–Trinajstić information content (AvgIpc) is 2.66. The van der Waals surface area contributed by atoms with Crippen molar-refractivity contribution in [3.05, 3.63) is 22.7 Å². The molecule has 5 atom stereocenters. The molecule has 0 amide bonds. The van der Waals surface area contributed by atoms with Gasteiger partial charge < -0.3 is 20.7 Å². The van der Waals surface area contributed by atoms with Gasteiger partial charge in [-0.2, -0.15) is 4.98 Å². The molecule has 1 aromatic heterocycles. The molecule has 5 N–H and O–H groups in total. The molecule has 2 rings (SSSR count). The highest BCUT2D eigenvalue weighted by Crippen LogP contribution is 2.35. The number of anilines is 1. The van der Waals surface area contributed by atoms with Crippen LogP contribution in [0.3, 0.4) is 0 Å². The van der Waals surface area contributed by atoms with E-state index in [9.17, 15) is 14.5 Å². The molecule has 0 saturated carbocycles. The van der Waals surface area contributed by atoms with E-state index in [1.165, 1.54) is 12.3 Å². The molecule has 10 nitrogen and oxygen atoms in total. The first-order chi connectivity index (χ1) is 9.43. The third kappa shape index (κ3) is 2.85. The fourth-order valence-electron chi connectivity index (χ4n) is 1.93. The van der Waals surface area contributed by atoms with Gasteiger partial charge in [-0.25, -0.2) is 4.79 Å². The van der Waals surface area contributed by atoms with E-state index in [0.29, 0.717) is 0 Å². The summed E-state index contributed by atoms with van der Waals surface area (Å²) < 4.78 is 21.7. The molecule has 1 fully saturated rings. The van der Waals surface area contributed by atoms with Gasteiger partial charge in [-0.05, 0) is 6.07 Å². The van der Waals surface area contributed by atoms with Crippen molar-refractivity contribution in [2.45, 2.75) is 24.5 Å². The van der Waals surface area contributed by atoms with E-state index in [4.69, 9.17) is 20.5 Å². The average molecular weight is 306 g/mol. The Labute approximate surface area is 113 Å². The first-order valence-electron chi connectivity index (χ1n) is 5.56. The van der Waals surface area contributed by atoms with E-state index in [-0.39, 0.29) is 5.82 Å². The summed E-state index contributed by atoms with van der Waals surface area (Å²) in [4.78, 5) is 24.0. The lowest BCUT2D eigenvalue weighted by molar-refractivity contribution is -0.0524. The minimum absolute atomic E-state index is 0.00536. The van der Waals surface area contributed by atoms with Crippen LogP contribution in [0.1, 0.15) is 6.23 Å². The van der Waals surface area contributed by atoms with Crippen molar-refractivity contribution < 1.29 is 28.9 Å². The number of aliphatic hydroxyl groups is 2. The Morgan fingerprint density at radius 1 is 1.60 bits per heavy atom. The van der Waals surface area contributed by atoms with Gasteiger partial charge in [0, 0.05) is 10.8 Å². The van der Waals surface area contributed by atoms with Crippen LogP contribution in [-0.2, 0) is 13.8 Å². The number of rotatable bonds is 4. The summed E-state index contributed by atoms with van der Waals surface area (Å²) in [6.07, 6.45) is -3.68. The van der Waals surface area contributed by atoms with E-state index in [2.05, 4.69) is 9.51 Å². The fourth-order valence-corrected chi connectivity index (χ4v) is 2.37. The number of ether oxygens (including phenoxy) is 1. The zero-order valence-corrected chi connectivity index (χ0v) is 11.0. The van der Waals surface area contributed by atoms with Crippen LogP contribution >= 0.6 is 8.25 Å². The number of hydrogen-bond acceptors (Lipinski definition) is 8. The molecule has 1 aliphatic rings. The standard InChI is InChI=1S/C9H12N3O7P/c10-5-1-2-12(9(15)11-5)8-7(19-20(16)17)6(14)4(3-13)18-8/h1-2,4,6-8,13-14H,3H2,(H2-,10,11,15,16,17)/p+1/t4-,6-,7+,8-/m1/s1. The third-order valence-corrected chi connectivity index (χ3v) is 3.25. The predicted molar refractivity (Wildman–Crippen MR) is 64.6 cm³/mol. The Morgan fingerprint density at radius 3 is 2.85 bits per heavy atom. The Hall–Kier alpha value is -1.42.